The Morgan fingerprint density at radius 3 is 2.82 bits per heavy atom. The van der Waals surface area contributed by atoms with Crippen LogP contribution in [0.3, 0.4) is 0 Å². The number of aromatic nitrogens is 1. The van der Waals surface area contributed by atoms with Gasteiger partial charge in [0.15, 0.2) is 5.13 Å². The smallest absolute Gasteiger partial charge is 0.240 e. The van der Waals surface area contributed by atoms with E-state index in [-0.39, 0.29) is 11.5 Å². The largest absolute Gasteiger partial charge is 0.494 e. The highest BCUT2D eigenvalue weighted by Crippen LogP contribution is 2.46. The molecule has 3 heterocycles. The number of nitrogens with zero attached hydrogens (tertiary/aromatic N) is 2. The number of rotatable bonds is 5. The second-order valence-electron chi connectivity index (χ2n) is 8.63. The van der Waals surface area contributed by atoms with E-state index in [0.717, 1.165) is 54.9 Å². The van der Waals surface area contributed by atoms with Crippen LogP contribution in [0.2, 0.25) is 0 Å². The molecule has 2 aromatic rings. The van der Waals surface area contributed by atoms with Crippen LogP contribution in [-0.4, -0.2) is 54.2 Å². The highest BCUT2D eigenvalue weighted by atomic mass is 32.1. The summed E-state index contributed by atoms with van der Waals surface area (Å²) in [5, 5.41) is 3.61. The molecule has 2 saturated heterocycles. The fraction of sp³-hybridized carbons (Fsp3) is 0.619. The summed E-state index contributed by atoms with van der Waals surface area (Å²) < 4.78 is 12.5. The molecule has 0 radical (unpaired) electrons. The lowest BCUT2D eigenvalue weighted by Gasteiger charge is -2.38. The van der Waals surface area contributed by atoms with Crippen LogP contribution in [0.15, 0.2) is 18.2 Å². The first-order chi connectivity index (χ1) is 13.4. The van der Waals surface area contributed by atoms with Crippen molar-refractivity contribution in [2.45, 2.75) is 45.6 Å². The molecular formula is C21H29N3O3S. The summed E-state index contributed by atoms with van der Waals surface area (Å²) in [7, 11) is 0. The third-order valence-electron chi connectivity index (χ3n) is 5.77. The Hall–Kier alpha value is -1.70. The van der Waals surface area contributed by atoms with Crippen LogP contribution in [0.25, 0.3) is 10.2 Å². The number of carbonyl (C=O) groups excluding carboxylic acids is 1. The standard InChI is InChI=1S/C21H29N3O3S/c1-4-26-15-5-6-16-17(11-15)28-19(22-16)23-18(25)12-24-9-7-21(8-10-24)13-20(2,3)27-14-21/h5-6,11H,4,7-10,12-14H2,1-3H3,(H,22,23,25). The van der Waals surface area contributed by atoms with Crippen LogP contribution >= 0.6 is 11.3 Å². The van der Waals surface area contributed by atoms with E-state index in [0.29, 0.717) is 23.7 Å². The quantitative estimate of drug-likeness (QED) is 0.820. The molecule has 2 aliphatic heterocycles. The van der Waals surface area contributed by atoms with Crippen molar-refractivity contribution < 1.29 is 14.3 Å². The Kier molecular flexibility index (Phi) is 5.33. The molecule has 1 spiro atoms. The van der Waals surface area contributed by atoms with Crippen molar-refractivity contribution in [3.05, 3.63) is 18.2 Å². The van der Waals surface area contributed by atoms with Crippen molar-refractivity contribution in [1.82, 2.24) is 9.88 Å². The lowest BCUT2D eigenvalue weighted by atomic mass is 9.74. The van der Waals surface area contributed by atoms with Gasteiger partial charge in [0.05, 0.1) is 35.6 Å². The molecule has 1 aromatic heterocycles. The summed E-state index contributed by atoms with van der Waals surface area (Å²) in [6.07, 6.45) is 3.32. The van der Waals surface area contributed by atoms with Gasteiger partial charge in [-0.15, -0.1) is 0 Å². The number of likely N-dealkylation sites (tertiary alicyclic amines) is 1. The Bertz CT molecular complexity index is 856. The lowest BCUT2D eigenvalue weighted by Crippen LogP contribution is -2.44. The summed E-state index contributed by atoms with van der Waals surface area (Å²) in [4.78, 5) is 19.3. The second kappa shape index (κ2) is 7.61. The number of hydrogen-bond acceptors (Lipinski definition) is 6. The van der Waals surface area contributed by atoms with E-state index in [2.05, 4.69) is 29.0 Å². The van der Waals surface area contributed by atoms with E-state index < -0.39 is 0 Å². The Morgan fingerprint density at radius 2 is 2.14 bits per heavy atom. The molecule has 7 heteroatoms. The molecule has 0 saturated carbocycles. The maximum atomic E-state index is 12.5. The number of anilines is 1. The normalized spacial score (nSPS) is 21.2. The number of hydrogen-bond donors (Lipinski definition) is 1. The Labute approximate surface area is 170 Å². The number of ether oxygens (including phenoxy) is 2. The van der Waals surface area contributed by atoms with E-state index in [4.69, 9.17) is 9.47 Å². The zero-order chi connectivity index (χ0) is 19.8. The molecule has 0 atom stereocenters. The van der Waals surface area contributed by atoms with E-state index in [1.54, 1.807) is 0 Å². The van der Waals surface area contributed by atoms with Gasteiger partial charge < -0.3 is 14.8 Å². The van der Waals surface area contributed by atoms with Crippen molar-refractivity contribution in [3.8, 4) is 5.75 Å². The van der Waals surface area contributed by atoms with Gasteiger partial charge in [-0.1, -0.05) is 11.3 Å². The number of thiazole rings is 1. The number of nitrogens with one attached hydrogen (secondary N) is 1. The van der Waals surface area contributed by atoms with Crippen LogP contribution in [0.1, 0.15) is 40.0 Å². The molecule has 1 N–H and O–H groups in total. The van der Waals surface area contributed by atoms with Crippen LogP contribution in [0.4, 0.5) is 5.13 Å². The average Bonchev–Trinajstić information content (AvgIpc) is 3.17. The van der Waals surface area contributed by atoms with E-state index in [1.807, 2.05) is 25.1 Å². The number of piperidine rings is 1. The van der Waals surface area contributed by atoms with Gasteiger partial charge in [-0.05, 0) is 76.7 Å². The summed E-state index contributed by atoms with van der Waals surface area (Å²) in [5.41, 5.74) is 1.18. The monoisotopic (exact) mass is 403 g/mol. The molecule has 0 bridgehead atoms. The molecular weight excluding hydrogens is 374 g/mol. The fourth-order valence-corrected chi connectivity index (χ4v) is 5.35. The van der Waals surface area contributed by atoms with Crippen molar-refractivity contribution in [2.75, 3.05) is 38.2 Å². The van der Waals surface area contributed by atoms with Crippen molar-refractivity contribution in [3.63, 3.8) is 0 Å². The highest BCUT2D eigenvalue weighted by Gasteiger charge is 2.45. The first-order valence-corrected chi connectivity index (χ1v) is 10.9. The van der Waals surface area contributed by atoms with Gasteiger partial charge in [0.1, 0.15) is 5.75 Å². The van der Waals surface area contributed by atoms with Gasteiger partial charge in [-0.25, -0.2) is 4.98 Å². The van der Waals surface area contributed by atoms with Crippen molar-refractivity contribution in [1.29, 1.82) is 0 Å². The summed E-state index contributed by atoms with van der Waals surface area (Å²) in [6.45, 7) is 10.1. The molecule has 6 nitrogen and oxygen atoms in total. The van der Waals surface area contributed by atoms with Gasteiger partial charge in [0.25, 0.3) is 0 Å². The van der Waals surface area contributed by atoms with E-state index >= 15 is 0 Å². The second-order valence-corrected chi connectivity index (χ2v) is 9.66. The molecule has 152 valence electrons. The topological polar surface area (TPSA) is 63.7 Å². The average molecular weight is 404 g/mol. The molecule has 2 aliphatic rings. The SMILES string of the molecule is CCOc1ccc2nc(NC(=O)CN3CCC4(CC3)COC(C)(C)C4)sc2c1. The maximum Gasteiger partial charge on any atom is 0.240 e. The van der Waals surface area contributed by atoms with Crippen LogP contribution in [0.5, 0.6) is 5.75 Å². The lowest BCUT2D eigenvalue weighted by molar-refractivity contribution is -0.117. The highest BCUT2D eigenvalue weighted by molar-refractivity contribution is 7.22. The molecule has 0 aliphatic carbocycles. The zero-order valence-electron chi connectivity index (χ0n) is 16.9. The third-order valence-corrected chi connectivity index (χ3v) is 6.70. The van der Waals surface area contributed by atoms with Gasteiger partial charge in [0.2, 0.25) is 5.91 Å². The minimum absolute atomic E-state index is 0.00281. The van der Waals surface area contributed by atoms with Gasteiger partial charge >= 0.3 is 0 Å². The van der Waals surface area contributed by atoms with E-state index in [1.165, 1.54) is 11.3 Å². The third kappa shape index (κ3) is 4.31. The van der Waals surface area contributed by atoms with Crippen LogP contribution in [0, 0.1) is 5.41 Å². The van der Waals surface area contributed by atoms with Crippen molar-refractivity contribution in [2.24, 2.45) is 5.41 Å². The van der Waals surface area contributed by atoms with E-state index in [9.17, 15) is 4.79 Å². The first kappa shape index (κ1) is 19.6. The van der Waals surface area contributed by atoms with Gasteiger partial charge in [0, 0.05) is 0 Å². The number of carbonyl (C=O) groups is 1. The molecule has 28 heavy (non-hydrogen) atoms. The van der Waals surface area contributed by atoms with Gasteiger partial charge in [-0.2, -0.15) is 0 Å². The maximum absolute atomic E-state index is 12.5. The zero-order valence-corrected chi connectivity index (χ0v) is 17.7. The van der Waals surface area contributed by atoms with Crippen LogP contribution in [-0.2, 0) is 9.53 Å². The molecule has 1 aromatic carbocycles. The predicted molar refractivity (Wildman–Crippen MR) is 112 cm³/mol. The Balaban J connectivity index is 1.31. The molecule has 4 rings (SSSR count). The summed E-state index contributed by atoms with van der Waals surface area (Å²) in [6, 6.07) is 5.82. The minimum Gasteiger partial charge on any atom is -0.494 e. The minimum atomic E-state index is -0.00553. The molecule has 1 amide bonds. The fourth-order valence-electron chi connectivity index (χ4n) is 4.44. The first-order valence-electron chi connectivity index (χ1n) is 10.1. The van der Waals surface area contributed by atoms with Gasteiger partial charge in [-0.3, -0.25) is 9.69 Å². The number of fused-ring (bicyclic) bond motifs is 1. The Morgan fingerprint density at radius 1 is 1.36 bits per heavy atom. The number of amides is 1. The van der Waals surface area contributed by atoms with Crippen molar-refractivity contribution >= 4 is 32.6 Å². The summed E-state index contributed by atoms with van der Waals surface area (Å²) >= 11 is 1.48. The predicted octanol–water partition coefficient (Wildman–Crippen LogP) is 3.91. The molecule has 2 fully saturated rings. The number of benzene rings is 1. The summed E-state index contributed by atoms with van der Waals surface area (Å²) in [5.74, 6) is 0.834. The van der Waals surface area contributed by atoms with Crippen LogP contribution < -0.4 is 10.1 Å². The molecule has 0 unspecified atom stereocenters.